The summed E-state index contributed by atoms with van der Waals surface area (Å²) in [4.78, 5) is 66.4. The second kappa shape index (κ2) is 33.7. The summed E-state index contributed by atoms with van der Waals surface area (Å²) < 4.78 is 0. The minimum absolute atomic E-state index is 0. The molecule has 13 nitrogen and oxygen atoms in total. The van der Waals surface area contributed by atoms with Crippen LogP contribution < -0.4 is 50.0 Å². The van der Waals surface area contributed by atoms with Crippen molar-refractivity contribution in [3.05, 3.63) is 0 Å². The molecule has 1 aliphatic heterocycles. The van der Waals surface area contributed by atoms with Gasteiger partial charge in [0.25, 0.3) is 0 Å². The third-order valence-electron chi connectivity index (χ3n) is 9.98. The number of carbonyl (C=O) groups is 5. The van der Waals surface area contributed by atoms with E-state index in [4.69, 9.17) is 0 Å². The van der Waals surface area contributed by atoms with E-state index >= 15 is 0 Å². The van der Waals surface area contributed by atoms with Gasteiger partial charge in [0, 0.05) is 77.4 Å². The van der Waals surface area contributed by atoms with E-state index in [1.807, 2.05) is 4.90 Å². The zero-order valence-electron chi connectivity index (χ0n) is 33.0. The van der Waals surface area contributed by atoms with E-state index in [2.05, 4.69) is 13.8 Å². The molecule has 0 spiro atoms. The molecule has 1 amide bonds. The van der Waals surface area contributed by atoms with Crippen molar-refractivity contribution >= 4 is 29.8 Å². The van der Waals surface area contributed by atoms with Gasteiger partial charge in [-0.3, -0.25) is 19.5 Å². The largest absolute Gasteiger partial charge is 3.00 e. The monoisotopic (exact) mass is 903 g/mol. The number of carboxylic acids is 4. The number of aliphatic carboxylic acids is 4. The van der Waals surface area contributed by atoms with E-state index in [1.165, 1.54) is 78.9 Å². The quantitative estimate of drug-likeness (QED) is 0.0504. The average Bonchev–Trinajstić information content (AvgIpc) is 3.22. The summed E-state index contributed by atoms with van der Waals surface area (Å²) in [5.74, 6) is -5.77. The first-order valence-corrected chi connectivity index (χ1v) is 19.7. The van der Waals surface area contributed by atoms with Crippen LogP contribution in [0.25, 0.3) is 0 Å². The van der Waals surface area contributed by atoms with E-state index < -0.39 is 55.6 Å². The molecule has 301 valence electrons. The summed E-state index contributed by atoms with van der Waals surface area (Å²) in [6, 6.07) is 0. The summed E-state index contributed by atoms with van der Waals surface area (Å²) in [7, 11) is 0. The number of carbonyl (C=O) groups excluding carboxylic acids is 5. The van der Waals surface area contributed by atoms with Gasteiger partial charge in [0.15, 0.2) is 0 Å². The maximum absolute atomic E-state index is 13.6. The van der Waals surface area contributed by atoms with Crippen LogP contribution in [0.4, 0.5) is 0 Å². The standard InChI is InChI=1S/C38H70N4O9.Gd.Na/c1-3-5-7-9-11-13-15-19-23-41(24-20-16-14-12-10-8-6-4-2)33(43)21-17-18-22-38(42(29-36(48)49)30-37(50)51)31-39(27-34(44)45)25-26-40(32-38)28-35(46)47;;/h3-32H2,1-2H3,(H,44,45)(H,46,47)(H,48,49)(H,50,51);;/q;+3;+1/p-4. The van der Waals surface area contributed by atoms with Gasteiger partial charge in [-0.25, -0.2) is 0 Å². The van der Waals surface area contributed by atoms with Crippen LogP contribution in [0, 0.1) is 39.9 Å². The normalized spacial score (nSPS) is 14.5. The number of rotatable bonds is 32. The Hall–Kier alpha value is -0.445. The summed E-state index contributed by atoms with van der Waals surface area (Å²) in [6.45, 7) is 3.42. The molecule has 0 saturated carbocycles. The molecule has 0 aromatic heterocycles. The Balaban J connectivity index is 0. The van der Waals surface area contributed by atoms with Crippen molar-refractivity contribution in [2.24, 2.45) is 0 Å². The SMILES string of the molecule is CCCCCCCCCCN(CCCCCCCCCC)C(=O)CCCCC1(N(CC(=O)[O-])CC(=O)[O-])CN(CC(=O)[O-])CCN(CC(=O)[O-])C1.[Gd+3].[Na+]. The van der Waals surface area contributed by atoms with Gasteiger partial charge in [0.2, 0.25) is 5.91 Å². The number of nitrogens with zero attached hydrogens (tertiary/aromatic N) is 4. The maximum Gasteiger partial charge on any atom is 3.00 e. The van der Waals surface area contributed by atoms with E-state index in [0.717, 1.165) is 38.5 Å². The van der Waals surface area contributed by atoms with Crippen molar-refractivity contribution in [1.29, 1.82) is 0 Å². The minimum atomic E-state index is -1.54. The van der Waals surface area contributed by atoms with Gasteiger partial charge in [-0.05, 0) is 25.7 Å². The summed E-state index contributed by atoms with van der Waals surface area (Å²) in [5, 5.41) is 46.7. The van der Waals surface area contributed by atoms with Gasteiger partial charge in [-0.1, -0.05) is 110 Å². The maximum atomic E-state index is 13.6. The van der Waals surface area contributed by atoms with Crippen LogP contribution in [0.15, 0.2) is 0 Å². The Kier molecular flexibility index (Phi) is 34.7. The van der Waals surface area contributed by atoms with Gasteiger partial charge in [-0.15, -0.1) is 0 Å². The molecule has 15 heteroatoms. The van der Waals surface area contributed by atoms with Crippen LogP contribution in [-0.2, 0) is 24.0 Å². The Bertz CT molecular complexity index is 964. The fraction of sp³-hybridized carbons (Fsp3) is 0.868. The Morgan fingerprint density at radius 3 is 1.28 bits per heavy atom. The molecule has 1 fully saturated rings. The predicted octanol–water partition coefficient (Wildman–Crippen LogP) is -2.68. The van der Waals surface area contributed by atoms with Crippen molar-refractivity contribution in [2.75, 3.05) is 65.4 Å². The molecule has 1 radical (unpaired) electrons. The molecule has 1 rings (SSSR count). The molecular formula is C38H66GdN4NaO9. The van der Waals surface area contributed by atoms with Crippen LogP contribution in [0.3, 0.4) is 0 Å². The molecule has 0 atom stereocenters. The summed E-state index contributed by atoms with van der Waals surface area (Å²) >= 11 is 0. The molecule has 53 heavy (non-hydrogen) atoms. The number of hydrogen-bond acceptors (Lipinski definition) is 12. The van der Waals surface area contributed by atoms with Crippen molar-refractivity contribution in [3.8, 4) is 0 Å². The molecule has 1 aliphatic rings. The fourth-order valence-electron chi connectivity index (χ4n) is 7.30. The molecule has 0 aromatic carbocycles. The van der Waals surface area contributed by atoms with Crippen molar-refractivity contribution < 1.29 is 114 Å². The van der Waals surface area contributed by atoms with Crippen molar-refractivity contribution in [3.63, 3.8) is 0 Å². The summed E-state index contributed by atoms with van der Waals surface area (Å²) in [5.41, 5.74) is -1.29. The minimum Gasteiger partial charge on any atom is -0.549 e. The van der Waals surface area contributed by atoms with E-state index in [9.17, 15) is 44.4 Å². The van der Waals surface area contributed by atoms with Gasteiger partial charge in [-0.2, -0.15) is 0 Å². The Morgan fingerprint density at radius 1 is 0.547 bits per heavy atom. The third-order valence-corrected chi connectivity index (χ3v) is 9.98. The molecular weight excluding hydrogens is 837 g/mol. The first kappa shape index (κ1) is 54.7. The van der Waals surface area contributed by atoms with Gasteiger partial charge in [0.1, 0.15) is 0 Å². The van der Waals surface area contributed by atoms with Crippen molar-refractivity contribution in [2.45, 2.75) is 148 Å². The molecule has 0 bridgehead atoms. The first-order valence-electron chi connectivity index (χ1n) is 19.7. The van der Waals surface area contributed by atoms with Crippen LogP contribution >= 0.6 is 0 Å². The fourth-order valence-corrected chi connectivity index (χ4v) is 7.30. The zero-order valence-corrected chi connectivity index (χ0v) is 37.3. The van der Waals surface area contributed by atoms with Gasteiger partial charge in [0.05, 0.1) is 23.9 Å². The number of amides is 1. The van der Waals surface area contributed by atoms with Gasteiger partial charge >= 0.3 is 69.5 Å². The Morgan fingerprint density at radius 2 is 0.925 bits per heavy atom. The molecule has 0 aliphatic carbocycles. The number of carboxylic acid groups (broad SMARTS) is 4. The summed E-state index contributed by atoms with van der Waals surface area (Å²) in [6.07, 6.45) is 20.1. The molecule has 0 aromatic rings. The van der Waals surface area contributed by atoms with Gasteiger partial charge < -0.3 is 44.5 Å². The topological polar surface area (TPSA) is 191 Å². The number of hydrogen-bond donors (Lipinski definition) is 0. The molecule has 0 unspecified atom stereocenters. The zero-order chi connectivity index (χ0) is 37.9. The average molecular weight is 903 g/mol. The molecule has 1 heterocycles. The third kappa shape index (κ3) is 26.9. The number of unbranched alkanes of at least 4 members (excludes halogenated alkanes) is 15. The van der Waals surface area contributed by atoms with Crippen LogP contribution in [-0.4, -0.2) is 120 Å². The van der Waals surface area contributed by atoms with Crippen LogP contribution in [0.2, 0.25) is 0 Å². The van der Waals surface area contributed by atoms with E-state index in [-0.39, 0.29) is 114 Å². The van der Waals surface area contributed by atoms with Crippen molar-refractivity contribution in [1.82, 2.24) is 19.6 Å². The molecule has 0 N–H and O–H groups in total. The van der Waals surface area contributed by atoms with E-state index in [0.29, 0.717) is 25.9 Å². The predicted molar refractivity (Wildman–Crippen MR) is 187 cm³/mol. The van der Waals surface area contributed by atoms with Crippen LogP contribution in [0.5, 0.6) is 0 Å². The first-order chi connectivity index (χ1) is 24.4. The second-order valence-electron chi connectivity index (χ2n) is 14.5. The van der Waals surface area contributed by atoms with E-state index in [1.54, 1.807) is 0 Å². The molecule has 1 saturated heterocycles. The second-order valence-corrected chi connectivity index (χ2v) is 14.5. The van der Waals surface area contributed by atoms with Crippen LogP contribution in [0.1, 0.15) is 142 Å². The Labute approximate surface area is 373 Å². The smallest absolute Gasteiger partial charge is 0.549 e.